The van der Waals surface area contributed by atoms with Crippen molar-refractivity contribution in [3.8, 4) is 0 Å². The van der Waals surface area contributed by atoms with Crippen molar-refractivity contribution in [3.63, 3.8) is 0 Å². The summed E-state index contributed by atoms with van der Waals surface area (Å²) in [6.07, 6.45) is 1.60. The summed E-state index contributed by atoms with van der Waals surface area (Å²) >= 11 is 1.57. The number of rotatable bonds is 6. The monoisotopic (exact) mass is 269 g/mol. The highest BCUT2D eigenvalue weighted by atomic mass is 32.1. The van der Waals surface area contributed by atoms with Gasteiger partial charge in [-0.2, -0.15) is 0 Å². The second kappa shape index (κ2) is 6.31. The van der Waals surface area contributed by atoms with E-state index in [0.717, 1.165) is 31.0 Å². The molecule has 0 amide bonds. The van der Waals surface area contributed by atoms with E-state index < -0.39 is 5.97 Å². The molecule has 0 aliphatic carbocycles. The van der Waals surface area contributed by atoms with Crippen molar-refractivity contribution in [1.29, 1.82) is 0 Å². The average Bonchev–Trinajstić information content (AvgIpc) is 2.89. The Morgan fingerprint density at radius 2 is 2.33 bits per heavy atom. The number of carbonyl (C=O) groups is 1. The molecule has 0 spiro atoms. The van der Waals surface area contributed by atoms with Crippen LogP contribution in [0.15, 0.2) is 12.1 Å². The molecular weight excluding hydrogens is 250 g/mol. The summed E-state index contributed by atoms with van der Waals surface area (Å²) in [5.74, 6) is -0.170. The summed E-state index contributed by atoms with van der Waals surface area (Å²) in [5.41, 5.74) is 0. The minimum atomic E-state index is -0.770. The lowest BCUT2D eigenvalue weighted by molar-refractivity contribution is -0.136. The van der Waals surface area contributed by atoms with Crippen LogP contribution in [0.5, 0.6) is 0 Å². The molecule has 2 atom stereocenters. The average molecular weight is 269 g/mol. The molecule has 100 valence electrons. The molecule has 0 saturated carbocycles. The number of aliphatic carboxylic acids is 1. The fourth-order valence-electron chi connectivity index (χ4n) is 2.19. The molecule has 2 rings (SSSR count). The van der Waals surface area contributed by atoms with Crippen LogP contribution in [0, 0.1) is 5.92 Å². The number of thiophene rings is 1. The van der Waals surface area contributed by atoms with Gasteiger partial charge in [0.2, 0.25) is 0 Å². The van der Waals surface area contributed by atoms with Crippen LogP contribution in [-0.2, 0) is 22.5 Å². The van der Waals surface area contributed by atoms with Crippen LogP contribution in [0.4, 0.5) is 0 Å². The zero-order valence-corrected chi connectivity index (χ0v) is 11.3. The highest BCUT2D eigenvalue weighted by Gasteiger charge is 2.23. The van der Waals surface area contributed by atoms with E-state index in [1.54, 1.807) is 11.3 Å². The first-order valence-corrected chi connectivity index (χ1v) is 7.08. The Balaban J connectivity index is 1.73. The Labute approximate surface area is 111 Å². The summed E-state index contributed by atoms with van der Waals surface area (Å²) in [7, 11) is 0. The van der Waals surface area contributed by atoms with E-state index in [1.165, 1.54) is 4.88 Å². The Bertz CT molecular complexity index is 405. The lowest BCUT2D eigenvalue weighted by atomic mass is 10.0. The molecule has 0 bridgehead atoms. The summed E-state index contributed by atoms with van der Waals surface area (Å²) in [5, 5.41) is 12.1. The Kier molecular flexibility index (Phi) is 4.74. The van der Waals surface area contributed by atoms with Gasteiger partial charge in [-0.25, -0.2) is 0 Å². The topological polar surface area (TPSA) is 58.6 Å². The molecule has 1 aromatic rings. The van der Waals surface area contributed by atoms with Gasteiger partial charge in [-0.05, 0) is 31.4 Å². The highest BCUT2D eigenvalue weighted by Crippen LogP contribution is 2.20. The number of ether oxygens (including phenoxy) is 1. The maximum Gasteiger partial charge on any atom is 0.308 e. The smallest absolute Gasteiger partial charge is 0.308 e. The normalized spacial score (nSPS) is 23.4. The molecule has 1 fully saturated rings. The van der Waals surface area contributed by atoms with E-state index in [0.29, 0.717) is 12.0 Å². The van der Waals surface area contributed by atoms with Gasteiger partial charge in [-0.15, -0.1) is 11.3 Å². The summed E-state index contributed by atoms with van der Waals surface area (Å²) < 4.78 is 5.51. The van der Waals surface area contributed by atoms with Gasteiger partial charge in [-0.3, -0.25) is 4.79 Å². The zero-order chi connectivity index (χ0) is 13.0. The molecule has 2 N–H and O–H groups in total. The summed E-state index contributed by atoms with van der Waals surface area (Å²) in [4.78, 5) is 12.7. The molecule has 2 unspecified atom stereocenters. The van der Waals surface area contributed by atoms with E-state index in [2.05, 4.69) is 12.2 Å². The lowest BCUT2D eigenvalue weighted by Gasteiger charge is -2.14. The van der Waals surface area contributed by atoms with Gasteiger partial charge in [0.1, 0.15) is 0 Å². The molecule has 2 heterocycles. The van der Waals surface area contributed by atoms with Crippen LogP contribution < -0.4 is 5.32 Å². The van der Waals surface area contributed by atoms with E-state index in [9.17, 15) is 4.79 Å². The third kappa shape index (κ3) is 3.80. The first kappa shape index (κ1) is 13.5. The van der Waals surface area contributed by atoms with E-state index >= 15 is 0 Å². The third-order valence-electron chi connectivity index (χ3n) is 3.28. The van der Waals surface area contributed by atoms with Crippen LogP contribution in [0.2, 0.25) is 0 Å². The quantitative estimate of drug-likeness (QED) is 0.828. The standard InChI is InChI=1S/C13H19NO3S/c1-9-10(4-5-17-9)7-14-8-12-3-2-11(18-12)6-13(15)16/h2-3,9-10,14H,4-8H2,1H3,(H,15,16). The molecular formula is C13H19NO3S. The Morgan fingerprint density at radius 3 is 3.00 bits per heavy atom. The van der Waals surface area contributed by atoms with Gasteiger partial charge < -0.3 is 15.2 Å². The van der Waals surface area contributed by atoms with Gasteiger partial charge in [0.15, 0.2) is 0 Å². The molecule has 0 aromatic carbocycles. The molecule has 18 heavy (non-hydrogen) atoms. The molecule has 1 saturated heterocycles. The number of carboxylic acids is 1. The van der Waals surface area contributed by atoms with E-state index in [-0.39, 0.29) is 6.42 Å². The van der Waals surface area contributed by atoms with Crippen molar-refractivity contribution >= 4 is 17.3 Å². The van der Waals surface area contributed by atoms with Crippen molar-refractivity contribution in [2.75, 3.05) is 13.2 Å². The third-order valence-corrected chi connectivity index (χ3v) is 4.37. The highest BCUT2D eigenvalue weighted by molar-refractivity contribution is 7.12. The second-order valence-corrected chi connectivity index (χ2v) is 5.95. The van der Waals surface area contributed by atoms with Crippen LogP contribution in [0.25, 0.3) is 0 Å². The van der Waals surface area contributed by atoms with Crippen LogP contribution >= 0.6 is 11.3 Å². The van der Waals surface area contributed by atoms with Crippen LogP contribution in [0.1, 0.15) is 23.1 Å². The van der Waals surface area contributed by atoms with Gasteiger partial charge in [0, 0.05) is 29.5 Å². The minimum Gasteiger partial charge on any atom is -0.481 e. The first-order valence-electron chi connectivity index (χ1n) is 6.27. The van der Waals surface area contributed by atoms with Crippen molar-refractivity contribution < 1.29 is 14.6 Å². The lowest BCUT2D eigenvalue weighted by Crippen LogP contribution is -2.26. The SMILES string of the molecule is CC1OCCC1CNCc1ccc(CC(=O)O)s1. The molecule has 4 nitrogen and oxygen atoms in total. The van der Waals surface area contributed by atoms with Gasteiger partial charge >= 0.3 is 5.97 Å². The Morgan fingerprint density at radius 1 is 1.56 bits per heavy atom. The fraction of sp³-hybridized carbons (Fsp3) is 0.615. The number of hydrogen-bond acceptors (Lipinski definition) is 4. The van der Waals surface area contributed by atoms with Crippen molar-refractivity contribution in [1.82, 2.24) is 5.32 Å². The second-order valence-electron chi connectivity index (χ2n) is 4.69. The Hall–Kier alpha value is -0.910. The van der Waals surface area contributed by atoms with Crippen LogP contribution in [-0.4, -0.2) is 30.3 Å². The van der Waals surface area contributed by atoms with Gasteiger partial charge in [-0.1, -0.05) is 0 Å². The fourth-order valence-corrected chi connectivity index (χ4v) is 3.17. The van der Waals surface area contributed by atoms with Gasteiger partial charge in [0.05, 0.1) is 12.5 Å². The largest absolute Gasteiger partial charge is 0.481 e. The van der Waals surface area contributed by atoms with Gasteiger partial charge in [0.25, 0.3) is 0 Å². The van der Waals surface area contributed by atoms with Crippen LogP contribution in [0.3, 0.4) is 0 Å². The minimum absolute atomic E-state index is 0.123. The molecule has 0 radical (unpaired) electrons. The molecule has 5 heteroatoms. The molecule has 1 aliphatic rings. The predicted molar refractivity (Wildman–Crippen MR) is 70.9 cm³/mol. The zero-order valence-electron chi connectivity index (χ0n) is 10.5. The van der Waals surface area contributed by atoms with Crippen molar-refractivity contribution in [3.05, 3.63) is 21.9 Å². The number of carboxylic acid groups (broad SMARTS) is 1. The summed E-state index contributed by atoms with van der Waals surface area (Å²) in [6, 6.07) is 3.90. The maximum absolute atomic E-state index is 10.6. The molecule has 1 aromatic heterocycles. The summed E-state index contributed by atoms with van der Waals surface area (Å²) in [6.45, 7) is 4.77. The first-order chi connectivity index (χ1) is 8.65. The predicted octanol–water partition coefficient (Wildman–Crippen LogP) is 1.89. The van der Waals surface area contributed by atoms with E-state index in [1.807, 2.05) is 12.1 Å². The number of hydrogen-bond donors (Lipinski definition) is 2. The van der Waals surface area contributed by atoms with E-state index in [4.69, 9.17) is 9.84 Å². The maximum atomic E-state index is 10.6. The van der Waals surface area contributed by atoms with Crippen molar-refractivity contribution in [2.24, 2.45) is 5.92 Å². The number of nitrogens with one attached hydrogen (secondary N) is 1. The molecule has 1 aliphatic heterocycles. The van der Waals surface area contributed by atoms with Crippen molar-refractivity contribution in [2.45, 2.75) is 32.4 Å².